The molecule has 0 heterocycles. The molecular weight excluding hydrogens is 278 g/mol. The first-order chi connectivity index (χ1) is 9.43. The third kappa shape index (κ3) is 5.45. The fraction of sp³-hybridized carbons (Fsp3) is 0.571. The van der Waals surface area contributed by atoms with Crippen LogP contribution in [0.4, 0.5) is 5.69 Å². The molecule has 1 aromatic carbocycles. The second kappa shape index (κ2) is 8.19. The van der Waals surface area contributed by atoms with Gasteiger partial charge in [0.15, 0.2) is 0 Å². The predicted molar refractivity (Wildman–Crippen MR) is 82.2 cm³/mol. The van der Waals surface area contributed by atoms with Gasteiger partial charge in [0.05, 0.1) is 4.92 Å². The van der Waals surface area contributed by atoms with E-state index < -0.39 is 0 Å². The summed E-state index contributed by atoms with van der Waals surface area (Å²) in [5, 5.41) is 11.4. The van der Waals surface area contributed by atoms with E-state index in [0.29, 0.717) is 11.6 Å². The van der Waals surface area contributed by atoms with E-state index in [2.05, 4.69) is 16.7 Å². The van der Waals surface area contributed by atoms with Crippen LogP contribution in [0.3, 0.4) is 0 Å². The van der Waals surface area contributed by atoms with E-state index in [0.717, 1.165) is 31.6 Å². The lowest BCUT2D eigenvalue weighted by Crippen LogP contribution is -2.27. The Morgan fingerprint density at radius 1 is 1.30 bits per heavy atom. The van der Waals surface area contributed by atoms with Crippen molar-refractivity contribution >= 4 is 17.3 Å². The van der Waals surface area contributed by atoms with Gasteiger partial charge < -0.3 is 4.90 Å². The lowest BCUT2D eigenvalue weighted by Gasteiger charge is -2.22. The fourth-order valence-electron chi connectivity index (χ4n) is 2.00. The number of non-ortho nitro benzene ring substituents is 1. The zero-order chi connectivity index (χ0) is 15.1. The molecule has 0 N–H and O–H groups in total. The summed E-state index contributed by atoms with van der Waals surface area (Å²) in [4.78, 5) is 14.8. The lowest BCUT2D eigenvalue weighted by atomic mass is 10.2. The third-order valence-electron chi connectivity index (χ3n) is 3.16. The number of benzene rings is 1. The van der Waals surface area contributed by atoms with Gasteiger partial charge in [-0.05, 0) is 51.8 Å². The summed E-state index contributed by atoms with van der Waals surface area (Å²) < 4.78 is 0. The third-order valence-corrected chi connectivity index (χ3v) is 3.53. The average Bonchev–Trinajstić information content (AvgIpc) is 2.39. The quantitative estimate of drug-likeness (QED) is 0.547. The summed E-state index contributed by atoms with van der Waals surface area (Å²) >= 11 is 6.13. The van der Waals surface area contributed by atoms with E-state index in [1.54, 1.807) is 12.1 Å². The van der Waals surface area contributed by atoms with Gasteiger partial charge in [0, 0.05) is 23.7 Å². The molecule has 0 fully saturated rings. The van der Waals surface area contributed by atoms with E-state index in [1.807, 2.05) is 14.1 Å². The standard InChI is InChI=1S/C14H22ClN3O2/c1-4-17(9-5-8-16(2)3)11-12-10-13(18(19)20)6-7-14(12)15/h6-7,10H,4-5,8-9,11H2,1-3H3. The summed E-state index contributed by atoms with van der Waals surface area (Å²) in [7, 11) is 4.10. The van der Waals surface area contributed by atoms with Crippen molar-refractivity contribution in [3.63, 3.8) is 0 Å². The Kier molecular flexibility index (Phi) is 6.91. The van der Waals surface area contributed by atoms with Gasteiger partial charge in [-0.15, -0.1) is 0 Å². The molecule has 0 amide bonds. The molecule has 112 valence electrons. The van der Waals surface area contributed by atoms with E-state index >= 15 is 0 Å². The van der Waals surface area contributed by atoms with Crippen molar-refractivity contribution < 1.29 is 4.92 Å². The summed E-state index contributed by atoms with van der Waals surface area (Å²) in [6.07, 6.45) is 1.06. The van der Waals surface area contributed by atoms with Crippen LogP contribution in [0.1, 0.15) is 18.9 Å². The van der Waals surface area contributed by atoms with Gasteiger partial charge in [-0.3, -0.25) is 15.0 Å². The Balaban J connectivity index is 2.68. The molecule has 0 unspecified atom stereocenters. The number of rotatable bonds is 8. The summed E-state index contributed by atoms with van der Waals surface area (Å²) in [6.45, 7) is 5.60. The molecule has 0 aliphatic carbocycles. The van der Waals surface area contributed by atoms with Crippen molar-refractivity contribution in [1.82, 2.24) is 9.80 Å². The minimum Gasteiger partial charge on any atom is -0.309 e. The maximum absolute atomic E-state index is 10.8. The Labute approximate surface area is 125 Å². The second-order valence-corrected chi connectivity index (χ2v) is 5.47. The summed E-state index contributed by atoms with van der Waals surface area (Å²) in [5.41, 5.74) is 0.904. The first-order valence-electron chi connectivity index (χ1n) is 6.74. The summed E-state index contributed by atoms with van der Waals surface area (Å²) in [6, 6.07) is 4.60. The van der Waals surface area contributed by atoms with Gasteiger partial charge in [0.2, 0.25) is 0 Å². The Bertz CT molecular complexity index is 452. The van der Waals surface area contributed by atoms with Crippen LogP contribution in [0.25, 0.3) is 0 Å². The van der Waals surface area contributed by atoms with Crippen LogP contribution in [0.5, 0.6) is 0 Å². The zero-order valence-electron chi connectivity index (χ0n) is 12.3. The highest BCUT2D eigenvalue weighted by Crippen LogP contribution is 2.23. The lowest BCUT2D eigenvalue weighted by molar-refractivity contribution is -0.384. The molecule has 5 nitrogen and oxygen atoms in total. The van der Waals surface area contributed by atoms with Crippen LogP contribution >= 0.6 is 11.6 Å². The molecule has 1 aromatic rings. The normalized spacial score (nSPS) is 11.3. The number of nitrogens with zero attached hydrogens (tertiary/aromatic N) is 3. The molecule has 0 bridgehead atoms. The summed E-state index contributed by atoms with van der Waals surface area (Å²) in [5.74, 6) is 0. The molecule has 0 aliphatic heterocycles. The van der Waals surface area contributed by atoms with Gasteiger partial charge in [-0.1, -0.05) is 18.5 Å². The molecule has 0 atom stereocenters. The fourth-order valence-corrected chi connectivity index (χ4v) is 2.17. The zero-order valence-corrected chi connectivity index (χ0v) is 13.1. The molecule has 20 heavy (non-hydrogen) atoms. The topological polar surface area (TPSA) is 49.6 Å². The molecule has 0 aromatic heterocycles. The molecule has 0 radical (unpaired) electrons. The molecule has 6 heteroatoms. The van der Waals surface area contributed by atoms with Gasteiger partial charge in [-0.25, -0.2) is 0 Å². The van der Waals surface area contributed by atoms with Gasteiger partial charge in [0.1, 0.15) is 0 Å². The highest BCUT2D eigenvalue weighted by atomic mass is 35.5. The van der Waals surface area contributed by atoms with Gasteiger partial charge in [-0.2, -0.15) is 0 Å². The van der Waals surface area contributed by atoms with Crippen molar-refractivity contribution in [2.45, 2.75) is 19.9 Å². The first-order valence-corrected chi connectivity index (χ1v) is 7.11. The number of hydrogen-bond acceptors (Lipinski definition) is 4. The number of halogens is 1. The van der Waals surface area contributed by atoms with Crippen molar-refractivity contribution in [2.24, 2.45) is 0 Å². The maximum Gasteiger partial charge on any atom is 0.269 e. The van der Waals surface area contributed by atoms with Crippen LogP contribution in [0.2, 0.25) is 5.02 Å². The number of hydrogen-bond donors (Lipinski definition) is 0. The minimum absolute atomic E-state index is 0.0914. The van der Waals surface area contributed by atoms with Crippen LogP contribution in [-0.4, -0.2) is 48.5 Å². The van der Waals surface area contributed by atoms with E-state index in [-0.39, 0.29) is 10.6 Å². The highest BCUT2D eigenvalue weighted by molar-refractivity contribution is 6.31. The molecular formula is C14H22ClN3O2. The smallest absolute Gasteiger partial charge is 0.269 e. The van der Waals surface area contributed by atoms with Crippen molar-refractivity contribution in [1.29, 1.82) is 0 Å². The second-order valence-electron chi connectivity index (χ2n) is 5.06. The van der Waals surface area contributed by atoms with Crippen LogP contribution < -0.4 is 0 Å². The first kappa shape index (κ1) is 16.9. The van der Waals surface area contributed by atoms with E-state index in [9.17, 15) is 10.1 Å². The average molecular weight is 300 g/mol. The molecule has 0 spiro atoms. The van der Waals surface area contributed by atoms with Crippen LogP contribution in [0.15, 0.2) is 18.2 Å². The van der Waals surface area contributed by atoms with Crippen LogP contribution in [0, 0.1) is 10.1 Å². The van der Waals surface area contributed by atoms with Gasteiger partial charge >= 0.3 is 0 Å². The predicted octanol–water partition coefficient (Wildman–Crippen LogP) is 3.02. The minimum atomic E-state index is -0.387. The van der Waals surface area contributed by atoms with Crippen molar-refractivity contribution in [3.05, 3.63) is 38.9 Å². The largest absolute Gasteiger partial charge is 0.309 e. The molecule has 1 rings (SSSR count). The van der Waals surface area contributed by atoms with E-state index in [1.165, 1.54) is 6.07 Å². The Morgan fingerprint density at radius 3 is 2.55 bits per heavy atom. The Morgan fingerprint density at radius 2 is 2.00 bits per heavy atom. The Hall–Kier alpha value is -1.17. The SMILES string of the molecule is CCN(CCCN(C)C)Cc1cc([N+](=O)[O-])ccc1Cl. The number of nitro benzene ring substituents is 1. The van der Waals surface area contributed by atoms with Crippen molar-refractivity contribution in [2.75, 3.05) is 33.7 Å². The van der Waals surface area contributed by atoms with Crippen LogP contribution in [-0.2, 0) is 6.54 Å². The number of nitro groups is 1. The maximum atomic E-state index is 10.8. The molecule has 0 aliphatic rings. The van der Waals surface area contributed by atoms with E-state index in [4.69, 9.17) is 11.6 Å². The highest BCUT2D eigenvalue weighted by Gasteiger charge is 2.12. The van der Waals surface area contributed by atoms with Crippen molar-refractivity contribution in [3.8, 4) is 0 Å². The monoisotopic (exact) mass is 299 g/mol. The van der Waals surface area contributed by atoms with Gasteiger partial charge in [0.25, 0.3) is 5.69 Å². The molecule has 0 saturated heterocycles. The molecule has 0 saturated carbocycles.